The number of nitrogens with zero attached hydrogens (tertiary/aromatic N) is 2. The zero-order chi connectivity index (χ0) is 20.9. The molecule has 3 rings (SSSR count). The molecular weight excluding hydrogens is 448 g/mol. The molecule has 2 amide bonds. The Morgan fingerprint density at radius 1 is 1.32 bits per heavy atom. The van der Waals surface area contributed by atoms with E-state index >= 15 is 0 Å². The topological polar surface area (TPSA) is 87.2 Å². The standard InChI is InChI=1S/C19H23BrN2O5S/c1-18(2)12(15(25)27-10-11-8-6-5-7-9-11)22-16(26)19(20,17(22)28-18)13(23)14(24)21(3)4/h5-9,12-13,17,23H,10H2,1-4H3/t12-,13+,17+,19?/m0/s1. The zero-order valence-electron chi connectivity index (χ0n) is 16.1. The molecule has 1 aromatic carbocycles. The number of amides is 2. The predicted octanol–water partition coefficient (Wildman–Crippen LogP) is 1.37. The Labute approximate surface area is 176 Å². The second-order valence-electron chi connectivity index (χ2n) is 7.69. The summed E-state index contributed by atoms with van der Waals surface area (Å²) >= 11 is 4.69. The van der Waals surface area contributed by atoms with Gasteiger partial charge in [0.05, 0.1) is 0 Å². The summed E-state index contributed by atoms with van der Waals surface area (Å²) in [6, 6.07) is 8.50. The van der Waals surface area contributed by atoms with Gasteiger partial charge in [-0.25, -0.2) is 4.79 Å². The first-order valence-electron chi connectivity index (χ1n) is 8.81. The molecule has 0 spiro atoms. The molecule has 1 unspecified atom stereocenters. The predicted molar refractivity (Wildman–Crippen MR) is 109 cm³/mol. The molecular formula is C19H23BrN2O5S. The van der Waals surface area contributed by atoms with Crippen LogP contribution in [-0.2, 0) is 25.7 Å². The lowest BCUT2D eigenvalue weighted by Crippen LogP contribution is -2.76. The number of carbonyl (C=O) groups excluding carboxylic acids is 3. The summed E-state index contributed by atoms with van der Waals surface area (Å²) in [6.07, 6.45) is -1.54. The number of hydrogen-bond donors (Lipinski definition) is 1. The number of ether oxygens (including phenoxy) is 1. The van der Waals surface area contributed by atoms with Crippen LogP contribution in [0.15, 0.2) is 30.3 Å². The maximum absolute atomic E-state index is 12.9. The van der Waals surface area contributed by atoms with Crippen LogP contribution in [0.3, 0.4) is 0 Å². The monoisotopic (exact) mass is 470 g/mol. The number of thioether (sulfide) groups is 1. The average molecular weight is 471 g/mol. The largest absolute Gasteiger partial charge is 0.459 e. The highest BCUT2D eigenvalue weighted by Crippen LogP contribution is 2.59. The molecule has 9 heteroatoms. The molecule has 2 heterocycles. The molecule has 2 aliphatic rings. The molecule has 7 nitrogen and oxygen atoms in total. The van der Waals surface area contributed by atoms with Crippen molar-refractivity contribution in [3.63, 3.8) is 0 Å². The number of aliphatic hydroxyl groups is 1. The molecule has 2 saturated heterocycles. The zero-order valence-corrected chi connectivity index (χ0v) is 18.5. The van der Waals surface area contributed by atoms with E-state index in [1.165, 1.54) is 35.7 Å². The van der Waals surface area contributed by atoms with Crippen LogP contribution in [0.2, 0.25) is 0 Å². The van der Waals surface area contributed by atoms with Crippen molar-refractivity contribution in [2.75, 3.05) is 14.1 Å². The van der Waals surface area contributed by atoms with E-state index in [1.807, 2.05) is 44.2 Å². The molecule has 4 atom stereocenters. The Hall–Kier alpha value is -1.58. The minimum Gasteiger partial charge on any atom is -0.459 e. The number of fused-ring (bicyclic) bond motifs is 1. The number of rotatable bonds is 5. The molecule has 28 heavy (non-hydrogen) atoms. The maximum Gasteiger partial charge on any atom is 0.330 e. The Balaban J connectivity index is 1.78. The van der Waals surface area contributed by atoms with Crippen molar-refractivity contribution in [1.82, 2.24) is 9.80 Å². The highest BCUT2D eigenvalue weighted by atomic mass is 79.9. The Bertz CT molecular complexity index is 803. The van der Waals surface area contributed by atoms with Gasteiger partial charge in [-0.2, -0.15) is 0 Å². The number of β-lactam (4-membered cyclic amide) rings is 1. The summed E-state index contributed by atoms with van der Waals surface area (Å²) in [7, 11) is 3.02. The van der Waals surface area contributed by atoms with E-state index in [-0.39, 0.29) is 6.61 Å². The maximum atomic E-state index is 12.9. The first-order chi connectivity index (χ1) is 13.0. The fourth-order valence-corrected chi connectivity index (χ4v) is 6.06. The number of benzene rings is 1. The molecule has 0 bridgehead atoms. The van der Waals surface area contributed by atoms with E-state index in [1.54, 1.807) is 0 Å². The third kappa shape index (κ3) is 3.23. The summed E-state index contributed by atoms with van der Waals surface area (Å²) in [5, 5.41) is 9.96. The number of esters is 1. The third-order valence-corrected chi connectivity index (χ3v) is 8.21. The van der Waals surface area contributed by atoms with E-state index < -0.39 is 44.4 Å². The van der Waals surface area contributed by atoms with E-state index in [9.17, 15) is 19.5 Å². The van der Waals surface area contributed by atoms with Crippen molar-refractivity contribution < 1.29 is 24.2 Å². The second-order valence-corrected chi connectivity index (χ2v) is 10.7. The number of carbonyl (C=O) groups is 3. The van der Waals surface area contributed by atoms with Gasteiger partial charge in [-0.05, 0) is 19.4 Å². The van der Waals surface area contributed by atoms with E-state index in [0.717, 1.165) is 5.56 Å². The minimum atomic E-state index is -1.54. The summed E-state index contributed by atoms with van der Waals surface area (Å²) in [6.45, 7) is 3.82. The highest BCUT2D eigenvalue weighted by molar-refractivity contribution is 9.10. The number of halogens is 1. The van der Waals surface area contributed by atoms with E-state index in [4.69, 9.17) is 4.74 Å². The van der Waals surface area contributed by atoms with Crippen LogP contribution >= 0.6 is 27.7 Å². The molecule has 0 aliphatic carbocycles. The summed E-state index contributed by atoms with van der Waals surface area (Å²) in [4.78, 5) is 40.6. The second kappa shape index (κ2) is 7.35. The highest BCUT2D eigenvalue weighted by Gasteiger charge is 2.74. The number of hydrogen-bond acceptors (Lipinski definition) is 6. The van der Waals surface area contributed by atoms with Gasteiger partial charge in [0.1, 0.15) is 18.0 Å². The van der Waals surface area contributed by atoms with Crippen molar-refractivity contribution in [3.05, 3.63) is 35.9 Å². The van der Waals surface area contributed by atoms with Gasteiger partial charge in [0, 0.05) is 18.8 Å². The van der Waals surface area contributed by atoms with Gasteiger partial charge in [0.15, 0.2) is 10.4 Å². The lowest BCUT2D eigenvalue weighted by Gasteiger charge is -2.51. The van der Waals surface area contributed by atoms with Crippen LogP contribution in [0.4, 0.5) is 0 Å². The van der Waals surface area contributed by atoms with Crippen LogP contribution < -0.4 is 0 Å². The van der Waals surface area contributed by atoms with Crippen molar-refractivity contribution in [2.24, 2.45) is 0 Å². The first kappa shape index (κ1) is 21.1. The molecule has 2 aliphatic heterocycles. The molecule has 1 N–H and O–H groups in total. The van der Waals surface area contributed by atoms with Gasteiger partial charge in [0.25, 0.3) is 5.91 Å². The Kier molecular flexibility index (Phi) is 5.55. The quantitative estimate of drug-likeness (QED) is 0.397. The summed E-state index contributed by atoms with van der Waals surface area (Å²) in [5.74, 6) is -1.56. The van der Waals surface area contributed by atoms with Gasteiger partial charge in [-0.3, -0.25) is 9.59 Å². The average Bonchev–Trinajstić information content (AvgIpc) is 2.94. The van der Waals surface area contributed by atoms with Gasteiger partial charge >= 0.3 is 5.97 Å². The SMILES string of the molecule is CN(C)C(=O)[C@@H](O)C1(Br)C(=O)N2[C@@H](C(=O)OCc3ccccc3)C(C)(C)S[C@@H]21. The Morgan fingerprint density at radius 3 is 2.50 bits per heavy atom. The number of likely N-dealkylation sites (N-methyl/N-ethyl adjacent to an activating group) is 1. The van der Waals surface area contributed by atoms with Crippen molar-refractivity contribution >= 4 is 45.5 Å². The minimum absolute atomic E-state index is 0.116. The molecule has 0 radical (unpaired) electrons. The van der Waals surface area contributed by atoms with Crippen LogP contribution in [0.5, 0.6) is 0 Å². The number of alkyl halides is 1. The Morgan fingerprint density at radius 2 is 1.93 bits per heavy atom. The lowest BCUT2D eigenvalue weighted by molar-refractivity contribution is -0.170. The number of aliphatic hydroxyl groups excluding tert-OH is 1. The van der Waals surface area contributed by atoms with Gasteiger partial charge in [-0.1, -0.05) is 46.3 Å². The smallest absolute Gasteiger partial charge is 0.330 e. The van der Waals surface area contributed by atoms with E-state index in [0.29, 0.717) is 0 Å². The van der Waals surface area contributed by atoms with Gasteiger partial charge in [0.2, 0.25) is 5.91 Å². The van der Waals surface area contributed by atoms with Crippen molar-refractivity contribution in [2.45, 2.75) is 47.0 Å². The fourth-order valence-electron chi connectivity index (χ4n) is 3.51. The third-order valence-electron chi connectivity index (χ3n) is 5.05. The summed E-state index contributed by atoms with van der Waals surface area (Å²) in [5.41, 5.74) is 0.854. The van der Waals surface area contributed by atoms with Crippen LogP contribution in [0.25, 0.3) is 0 Å². The van der Waals surface area contributed by atoms with Crippen LogP contribution in [0, 0.1) is 0 Å². The lowest BCUT2D eigenvalue weighted by atomic mass is 9.87. The van der Waals surface area contributed by atoms with Crippen LogP contribution in [0.1, 0.15) is 19.4 Å². The van der Waals surface area contributed by atoms with Crippen LogP contribution in [-0.4, -0.2) is 73.4 Å². The van der Waals surface area contributed by atoms with Crippen molar-refractivity contribution in [3.8, 4) is 0 Å². The van der Waals surface area contributed by atoms with Gasteiger partial charge in [-0.15, -0.1) is 11.8 Å². The molecule has 2 fully saturated rings. The first-order valence-corrected chi connectivity index (χ1v) is 10.5. The summed E-state index contributed by atoms with van der Waals surface area (Å²) < 4.78 is 3.38. The molecule has 0 saturated carbocycles. The normalized spacial score (nSPS) is 28.9. The fraction of sp³-hybridized carbons (Fsp3) is 0.526. The van der Waals surface area contributed by atoms with Crippen molar-refractivity contribution in [1.29, 1.82) is 0 Å². The molecule has 0 aromatic heterocycles. The van der Waals surface area contributed by atoms with E-state index in [2.05, 4.69) is 15.9 Å². The molecule has 1 aromatic rings. The van der Waals surface area contributed by atoms with Gasteiger partial charge < -0.3 is 19.6 Å². The molecule has 152 valence electrons.